The van der Waals surface area contributed by atoms with Crippen LogP contribution in [0.3, 0.4) is 0 Å². The third kappa shape index (κ3) is 4.28. The first kappa shape index (κ1) is 15.0. The summed E-state index contributed by atoms with van der Waals surface area (Å²) in [6.07, 6.45) is 2.15. The van der Waals surface area contributed by atoms with Crippen LogP contribution < -0.4 is 10.6 Å². The van der Waals surface area contributed by atoms with Crippen LogP contribution in [0.4, 0.5) is 5.13 Å². The highest BCUT2D eigenvalue weighted by atomic mass is 32.2. The fraction of sp³-hybridized carbons (Fsp3) is 0.286. The van der Waals surface area contributed by atoms with E-state index in [1.54, 1.807) is 24.3 Å². The number of amides is 2. The predicted molar refractivity (Wildman–Crippen MR) is 86.2 cm³/mol. The van der Waals surface area contributed by atoms with Crippen molar-refractivity contribution in [3.8, 4) is 0 Å². The molecule has 2 aromatic rings. The van der Waals surface area contributed by atoms with Crippen LogP contribution in [0.15, 0.2) is 34.7 Å². The van der Waals surface area contributed by atoms with Crippen molar-refractivity contribution < 1.29 is 9.59 Å². The van der Waals surface area contributed by atoms with Crippen LogP contribution in [0.25, 0.3) is 0 Å². The summed E-state index contributed by atoms with van der Waals surface area (Å²) in [5.74, 6) is 0.106. The fourth-order valence-electron chi connectivity index (χ4n) is 1.70. The zero-order valence-electron chi connectivity index (χ0n) is 11.6. The first-order valence-electron chi connectivity index (χ1n) is 6.83. The molecule has 2 N–H and O–H groups in total. The summed E-state index contributed by atoms with van der Waals surface area (Å²) in [4.78, 5) is 23.6. The second-order valence-electron chi connectivity index (χ2n) is 4.82. The number of carbonyl (C=O) groups excluding carboxylic acids is 2. The summed E-state index contributed by atoms with van der Waals surface area (Å²) in [7, 11) is 0. The molecule has 6 nitrogen and oxygen atoms in total. The van der Waals surface area contributed by atoms with Crippen molar-refractivity contribution in [3.63, 3.8) is 0 Å². The molecule has 0 aliphatic heterocycles. The van der Waals surface area contributed by atoms with Gasteiger partial charge in [0.2, 0.25) is 11.0 Å². The van der Waals surface area contributed by atoms with Crippen molar-refractivity contribution in [2.24, 2.45) is 0 Å². The Morgan fingerprint density at radius 1 is 1.23 bits per heavy atom. The third-order valence-corrected chi connectivity index (χ3v) is 4.90. The first-order chi connectivity index (χ1) is 10.7. The van der Waals surface area contributed by atoms with Gasteiger partial charge in [-0.05, 0) is 25.0 Å². The minimum Gasteiger partial charge on any atom is -0.353 e. The average Bonchev–Trinajstić information content (AvgIpc) is 3.23. The monoisotopic (exact) mass is 334 g/mol. The lowest BCUT2D eigenvalue weighted by Gasteiger charge is -2.00. The quantitative estimate of drug-likeness (QED) is 0.625. The Morgan fingerprint density at radius 3 is 2.73 bits per heavy atom. The lowest BCUT2D eigenvalue weighted by atomic mass is 10.2. The van der Waals surface area contributed by atoms with E-state index >= 15 is 0 Å². The van der Waals surface area contributed by atoms with Gasteiger partial charge < -0.3 is 5.32 Å². The maximum Gasteiger partial charge on any atom is 0.257 e. The Balaban J connectivity index is 1.50. The van der Waals surface area contributed by atoms with Crippen molar-refractivity contribution in [1.29, 1.82) is 0 Å². The standard InChI is InChI=1S/C14H14N4O2S2/c19-11(15-10-6-7-10)8-21-14-18-17-13(22-14)16-12(20)9-4-2-1-3-5-9/h1-5,10H,6-8H2,(H,15,19)(H,16,17,20). The van der Waals surface area contributed by atoms with E-state index < -0.39 is 0 Å². The summed E-state index contributed by atoms with van der Waals surface area (Å²) in [6, 6.07) is 9.28. The Kier molecular flexibility index (Phi) is 4.69. The minimum absolute atomic E-state index is 0.0116. The fourth-order valence-corrected chi connectivity index (χ4v) is 3.26. The van der Waals surface area contributed by atoms with Gasteiger partial charge in [-0.1, -0.05) is 41.3 Å². The number of aromatic nitrogens is 2. The van der Waals surface area contributed by atoms with Gasteiger partial charge >= 0.3 is 0 Å². The van der Waals surface area contributed by atoms with Crippen molar-refractivity contribution in [3.05, 3.63) is 35.9 Å². The number of benzene rings is 1. The second-order valence-corrected chi connectivity index (χ2v) is 7.02. The van der Waals surface area contributed by atoms with Crippen LogP contribution in [-0.2, 0) is 4.79 Å². The maximum atomic E-state index is 12.0. The van der Waals surface area contributed by atoms with E-state index in [0.717, 1.165) is 12.8 Å². The Hall–Kier alpha value is -1.93. The number of hydrogen-bond acceptors (Lipinski definition) is 6. The van der Waals surface area contributed by atoms with Crippen LogP contribution in [0.2, 0.25) is 0 Å². The Labute approximate surface area is 135 Å². The summed E-state index contributed by atoms with van der Waals surface area (Å²) in [5, 5.41) is 13.9. The highest BCUT2D eigenvalue weighted by Crippen LogP contribution is 2.26. The second kappa shape index (κ2) is 6.89. The lowest BCUT2D eigenvalue weighted by molar-refractivity contribution is -0.118. The summed E-state index contributed by atoms with van der Waals surface area (Å²) >= 11 is 2.58. The zero-order chi connectivity index (χ0) is 15.4. The van der Waals surface area contributed by atoms with Crippen molar-refractivity contribution >= 4 is 40.0 Å². The van der Waals surface area contributed by atoms with Gasteiger partial charge in [-0.25, -0.2) is 0 Å². The summed E-state index contributed by atoms with van der Waals surface area (Å²) < 4.78 is 0.661. The van der Waals surface area contributed by atoms with Gasteiger partial charge in [0.25, 0.3) is 5.91 Å². The molecule has 1 fully saturated rings. The van der Waals surface area contributed by atoms with Gasteiger partial charge in [-0.15, -0.1) is 10.2 Å². The lowest BCUT2D eigenvalue weighted by Crippen LogP contribution is -2.26. The molecule has 0 saturated heterocycles. The highest BCUT2D eigenvalue weighted by molar-refractivity contribution is 8.01. The molecule has 8 heteroatoms. The van der Waals surface area contributed by atoms with E-state index in [4.69, 9.17) is 0 Å². The molecular formula is C14H14N4O2S2. The molecule has 1 aromatic carbocycles. The number of carbonyl (C=O) groups is 2. The summed E-state index contributed by atoms with van der Waals surface area (Å²) in [6.45, 7) is 0. The molecule has 2 amide bonds. The molecule has 0 radical (unpaired) electrons. The van der Waals surface area contributed by atoms with Gasteiger partial charge in [-0.2, -0.15) is 0 Å². The molecule has 0 bridgehead atoms. The number of thioether (sulfide) groups is 1. The predicted octanol–water partition coefficient (Wildman–Crippen LogP) is 2.16. The molecule has 0 unspecified atom stereocenters. The third-order valence-electron chi connectivity index (χ3n) is 2.93. The molecule has 0 spiro atoms. The van der Waals surface area contributed by atoms with E-state index in [1.807, 2.05) is 6.07 Å². The van der Waals surface area contributed by atoms with Crippen molar-refractivity contribution in [1.82, 2.24) is 15.5 Å². The molecule has 1 heterocycles. The maximum absolute atomic E-state index is 12.0. The molecule has 0 atom stereocenters. The van der Waals surface area contributed by atoms with Gasteiger partial charge in [0, 0.05) is 11.6 Å². The van der Waals surface area contributed by atoms with Crippen LogP contribution >= 0.6 is 23.1 Å². The summed E-state index contributed by atoms with van der Waals surface area (Å²) in [5.41, 5.74) is 0.565. The first-order valence-corrected chi connectivity index (χ1v) is 8.63. The van der Waals surface area contributed by atoms with Crippen LogP contribution in [-0.4, -0.2) is 33.8 Å². The number of nitrogens with one attached hydrogen (secondary N) is 2. The van der Waals surface area contributed by atoms with E-state index in [2.05, 4.69) is 20.8 Å². The van der Waals surface area contributed by atoms with E-state index in [1.165, 1.54) is 23.1 Å². The molecule has 1 saturated carbocycles. The number of anilines is 1. The van der Waals surface area contributed by atoms with Crippen LogP contribution in [0, 0.1) is 0 Å². The van der Waals surface area contributed by atoms with Gasteiger partial charge in [0.1, 0.15) is 0 Å². The van der Waals surface area contributed by atoms with Gasteiger partial charge in [0.05, 0.1) is 5.75 Å². The smallest absolute Gasteiger partial charge is 0.257 e. The Bertz CT molecular complexity index is 670. The van der Waals surface area contributed by atoms with Gasteiger partial charge in [0.15, 0.2) is 4.34 Å². The van der Waals surface area contributed by atoms with Crippen LogP contribution in [0.5, 0.6) is 0 Å². The highest BCUT2D eigenvalue weighted by Gasteiger charge is 2.23. The van der Waals surface area contributed by atoms with E-state index in [9.17, 15) is 9.59 Å². The molecule has 1 aliphatic carbocycles. The van der Waals surface area contributed by atoms with Crippen molar-refractivity contribution in [2.45, 2.75) is 23.2 Å². The molecule has 1 aromatic heterocycles. The van der Waals surface area contributed by atoms with Crippen molar-refractivity contribution in [2.75, 3.05) is 11.1 Å². The SMILES string of the molecule is O=C(CSc1nnc(NC(=O)c2ccccc2)s1)NC1CC1. The number of hydrogen-bond donors (Lipinski definition) is 2. The number of rotatable bonds is 6. The molecule has 114 valence electrons. The van der Waals surface area contributed by atoms with E-state index in [0.29, 0.717) is 26.8 Å². The topological polar surface area (TPSA) is 84.0 Å². The molecule has 22 heavy (non-hydrogen) atoms. The average molecular weight is 334 g/mol. The van der Waals surface area contributed by atoms with Crippen LogP contribution in [0.1, 0.15) is 23.2 Å². The normalized spacial score (nSPS) is 13.6. The molecule has 3 rings (SSSR count). The molecule has 1 aliphatic rings. The zero-order valence-corrected chi connectivity index (χ0v) is 13.2. The minimum atomic E-state index is -0.222. The number of nitrogens with zero attached hydrogens (tertiary/aromatic N) is 2. The Morgan fingerprint density at radius 2 is 2.00 bits per heavy atom. The van der Waals surface area contributed by atoms with Gasteiger partial charge in [-0.3, -0.25) is 14.9 Å². The van der Waals surface area contributed by atoms with E-state index in [-0.39, 0.29) is 11.8 Å². The molecular weight excluding hydrogens is 320 g/mol. The largest absolute Gasteiger partial charge is 0.353 e.